The molecule has 0 aliphatic carbocycles. The van der Waals surface area contributed by atoms with Crippen LogP contribution in [0.2, 0.25) is 0 Å². The molecule has 0 heterocycles. The van der Waals surface area contributed by atoms with E-state index in [2.05, 4.69) is 10.0 Å². The molecule has 2 N–H and O–H groups in total. The van der Waals surface area contributed by atoms with Gasteiger partial charge in [0.15, 0.2) is 6.61 Å². The van der Waals surface area contributed by atoms with Crippen LogP contribution < -0.4 is 10.0 Å². The van der Waals surface area contributed by atoms with Crippen molar-refractivity contribution in [3.8, 4) is 0 Å². The van der Waals surface area contributed by atoms with Crippen LogP contribution in [0.4, 0.5) is 5.69 Å². The van der Waals surface area contributed by atoms with Gasteiger partial charge in [0.1, 0.15) is 6.04 Å². The van der Waals surface area contributed by atoms with Gasteiger partial charge < -0.3 is 10.1 Å². The van der Waals surface area contributed by atoms with E-state index in [4.69, 9.17) is 4.74 Å². The molecule has 34 heavy (non-hydrogen) atoms. The third kappa shape index (κ3) is 7.18. The van der Waals surface area contributed by atoms with E-state index in [0.717, 1.165) is 9.79 Å². The average molecular weight is 499 g/mol. The number of ether oxygens (including phenoxy) is 1. The van der Waals surface area contributed by atoms with Crippen molar-refractivity contribution in [3.05, 3.63) is 84.9 Å². The SMILES string of the molecule is CC(C)[C@@H](NS(=O)(=O)c1ccccc1)C(=O)OCC(=O)Nc1ccccc1Sc1ccccc1. The predicted octanol–water partition coefficient (Wildman–Crippen LogP) is 4.32. The molecule has 0 bridgehead atoms. The van der Waals surface area contributed by atoms with Crippen molar-refractivity contribution in [2.45, 2.75) is 34.6 Å². The van der Waals surface area contributed by atoms with Crippen LogP contribution >= 0.6 is 11.8 Å². The zero-order valence-corrected chi connectivity index (χ0v) is 20.4. The van der Waals surface area contributed by atoms with Gasteiger partial charge in [-0.05, 0) is 42.3 Å². The summed E-state index contributed by atoms with van der Waals surface area (Å²) in [7, 11) is -3.93. The van der Waals surface area contributed by atoms with Gasteiger partial charge in [0.2, 0.25) is 10.0 Å². The van der Waals surface area contributed by atoms with Crippen LogP contribution in [0.15, 0.2) is 99.6 Å². The number of hydrogen-bond donors (Lipinski definition) is 2. The number of hydrogen-bond acceptors (Lipinski definition) is 6. The van der Waals surface area contributed by atoms with E-state index in [1.54, 1.807) is 44.2 Å². The molecular weight excluding hydrogens is 472 g/mol. The highest BCUT2D eigenvalue weighted by molar-refractivity contribution is 7.99. The molecule has 0 fully saturated rings. The summed E-state index contributed by atoms with van der Waals surface area (Å²) in [5.74, 6) is -1.74. The van der Waals surface area contributed by atoms with Crippen molar-refractivity contribution in [1.82, 2.24) is 4.72 Å². The Hall–Kier alpha value is -3.14. The molecule has 3 rings (SSSR count). The van der Waals surface area contributed by atoms with E-state index < -0.39 is 40.5 Å². The molecular formula is C25H26N2O5S2. The van der Waals surface area contributed by atoms with Gasteiger partial charge in [-0.25, -0.2) is 8.42 Å². The molecule has 1 amide bonds. The Morgan fingerprint density at radius 1 is 0.882 bits per heavy atom. The number of sulfonamides is 1. The molecule has 178 valence electrons. The van der Waals surface area contributed by atoms with Crippen molar-refractivity contribution >= 4 is 39.3 Å². The standard InChI is InChI=1S/C25H26N2O5S2/c1-18(2)24(27-34(30,31)20-13-7-4-8-14-20)25(29)32-17-23(28)26-21-15-9-10-16-22(21)33-19-11-5-3-6-12-19/h3-16,18,24,27H,17H2,1-2H3,(H,26,28)/t24-/m1/s1. The molecule has 0 saturated carbocycles. The maximum Gasteiger partial charge on any atom is 0.324 e. The summed E-state index contributed by atoms with van der Waals surface area (Å²) in [4.78, 5) is 27.0. The van der Waals surface area contributed by atoms with Crippen LogP contribution in [0.3, 0.4) is 0 Å². The number of para-hydroxylation sites is 1. The monoisotopic (exact) mass is 498 g/mol. The van der Waals surface area contributed by atoms with Gasteiger partial charge in [-0.2, -0.15) is 4.72 Å². The van der Waals surface area contributed by atoms with Gasteiger partial charge >= 0.3 is 5.97 Å². The van der Waals surface area contributed by atoms with E-state index >= 15 is 0 Å². The summed E-state index contributed by atoms with van der Waals surface area (Å²) in [6, 6.07) is 23.6. The number of esters is 1. The highest BCUT2D eigenvalue weighted by Crippen LogP contribution is 2.33. The number of nitrogens with one attached hydrogen (secondary N) is 2. The lowest BCUT2D eigenvalue weighted by Crippen LogP contribution is -2.45. The second kappa shape index (κ2) is 11.8. The van der Waals surface area contributed by atoms with Crippen LogP contribution in [0.5, 0.6) is 0 Å². The Labute approximate surface area is 204 Å². The lowest BCUT2D eigenvalue weighted by molar-refractivity contribution is -0.150. The number of rotatable bonds is 10. The Morgan fingerprint density at radius 3 is 2.12 bits per heavy atom. The van der Waals surface area contributed by atoms with Crippen molar-refractivity contribution < 1.29 is 22.7 Å². The summed E-state index contributed by atoms with van der Waals surface area (Å²) in [6.45, 7) is 2.84. The van der Waals surface area contributed by atoms with Crippen LogP contribution in [0.1, 0.15) is 13.8 Å². The molecule has 0 aliphatic rings. The summed E-state index contributed by atoms with van der Waals surface area (Å²) in [5, 5.41) is 2.75. The smallest absolute Gasteiger partial charge is 0.324 e. The van der Waals surface area contributed by atoms with E-state index in [1.165, 1.54) is 23.9 Å². The van der Waals surface area contributed by atoms with Gasteiger partial charge in [-0.15, -0.1) is 0 Å². The first-order chi connectivity index (χ1) is 16.3. The Kier molecular flexibility index (Phi) is 8.86. The molecule has 1 atom stereocenters. The van der Waals surface area contributed by atoms with Crippen LogP contribution in [-0.4, -0.2) is 32.9 Å². The normalized spacial score (nSPS) is 12.2. The zero-order valence-electron chi connectivity index (χ0n) is 18.8. The molecule has 3 aromatic carbocycles. The number of carbonyl (C=O) groups excluding carboxylic acids is 2. The van der Waals surface area contributed by atoms with Crippen LogP contribution in [0, 0.1) is 5.92 Å². The van der Waals surface area contributed by atoms with Crippen molar-refractivity contribution in [2.75, 3.05) is 11.9 Å². The second-order valence-electron chi connectivity index (χ2n) is 7.72. The van der Waals surface area contributed by atoms with Gasteiger partial charge in [-0.1, -0.05) is 74.1 Å². The number of anilines is 1. The summed E-state index contributed by atoms with van der Waals surface area (Å²) < 4.78 is 32.8. The molecule has 0 aliphatic heterocycles. The molecule has 9 heteroatoms. The van der Waals surface area contributed by atoms with Crippen LogP contribution in [-0.2, 0) is 24.3 Å². The Balaban J connectivity index is 1.61. The predicted molar refractivity (Wildman–Crippen MR) is 132 cm³/mol. The van der Waals surface area contributed by atoms with Crippen molar-refractivity contribution in [3.63, 3.8) is 0 Å². The fraction of sp³-hybridized carbons (Fsp3) is 0.200. The maximum atomic E-state index is 12.6. The third-order valence-corrected chi connectivity index (χ3v) is 7.27. The quantitative estimate of drug-likeness (QED) is 0.404. The average Bonchev–Trinajstić information content (AvgIpc) is 2.83. The number of benzene rings is 3. The number of carbonyl (C=O) groups is 2. The number of amides is 1. The largest absolute Gasteiger partial charge is 0.454 e. The zero-order chi connectivity index (χ0) is 24.6. The first kappa shape index (κ1) is 25.5. The highest BCUT2D eigenvalue weighted by Gasteiger charge is 2.30. The molecule has 0 unspecified atom stereocenters. The summed E-state index contributed by atoms with van der Waals surface area (Å²) in [6.07, 6.45) is 0. The minimum Gasteiger partial charge on any atom is -0.454 e. The fourth-order valence-corrected chi connectivity index (χ4v) is 5.26. The summed E-state index contributed by atoms with van der Waals surface area (Å²) in [5.41, 5.74) is 0.586. The van der Waals surface area contributed by atoms with Gasteiger partial charge in [0, 0.05) is 9.79 Å². The van der Waals surface area contributed by atoms with Crippen molar-refractivity contribution in [2.24, 2.45) is 5.92 Å². The third-order valence-electron chi connectivity index (χ3n) is 4.73. The van der Waals surface area contributed by atoms with Crippen LogP contribution in [0.25, 0.3) is 0 Å². The van der Waals surface area contributed by atoms with E-state index in [-0.39, 0.29) is 4.90 Å². The molecule has 0 saturated heterocycles. The molecule has 0 aromatic heterocycles. The molecule has 7 nitrogen and oxygen atoms in total. The topological polar surface area (TPSA) is 102 Å². The van der Waals surface area contributed by atoms with Gasteiger partial charge in [-0.3, -0.25) is 9.59 Å². The Bertz CT molecular complexity index is 1220. The molecule has 0 spiro atoms. The first-order valence-electron chi connectivity index (χ1n) is 10.6. The summed E-state index contributed by atoms with van der Waals surface area (Å²) >= 11 is 1.49. The lowest BCUT2D eigenvalue weighted by atomic mass is 10.1. The maximum absolute atomic E-state index is 12.6. The first-order valence-corrected chi connectivity index (χ1v) is 12.9. The minimum atomic E-state index is -3.93. The van der Waals surface area contributed by atoms with E-state index in [9.17, 15) is 18.0 Å². The highest BCUT2D eigenvalue weighted by atomic mass is 32.2. The van der Waals surface area contributed by atoms with E-state index in [1.807, 2.05) is 42.5 Å². The van der Waals surface area contributed by atoms with Gasteiger partial charge in [0.25, 0.3) is 5.91 Å². The van der Waals surface area contributed by atoms with E-state index in [0.29, 0.717) is 5.69 Å². The lowest BCUT2D eigenvalue weighted by Gasteiger charge is -2.20. The molecule has 0 radical (unpaired) electrons. The fourth-order valence-electron chi connectivity index (χ4n) is 2.98. The molecule has 3 aromatic rings. The van der Waals surface area contributed by atoms with Crippen molar-refractivity contribution in [1.29, 1.82) is 0 Å². The Morgan fingerprint density at radius 2 is 1.47 bits per heavy atom. The second-order valence-corrected chi connectivity index (χ2v) is 10.6. The minimum absolute atomic E-state index is 0.0405. The van der Waals surface area contributed by atoms with Gasteiger partial charge in [0.05, 0.1) is 10.6 Å².